The van der Waals surface area contributed by atoms with Crippen molar-refractivity contribution in [3.8, 4) is 0 Å². The maximum Gasteiger partial charge on any atom is 0.244 e. The number of halogens is 3. The van der Waals surface area contributed by atoms with Crippen LogP contribution in [-0.4, -0.2) is 29.8 Å². The minimum atomic E-state index is -0.326. The van der Waals surface area contributed by atoms with Crippen molar-refractivity contribution in [3.63, 3.8) is 0 Å². The second-order valence-electron chi connectivity index (χ2n) is 5.91. The van der Waals surface area contributed by atoms with E-state index >= 15 is 0 Å². The van der Waals surface area contributed by atoms with Gasteiger partial charge in [0, 0.05) is 17.3 Å². The van der Waals surface area contributed by atoms with Gasteiger partial charge in [-0.1, -0.05) is 42.3 Å². The molecule has 0 aliphatic carbocycles. The Balaban J connectivity index is 0.00000364. The molecule has 0 aliphatic rings. The first-order valence-corrected chi connectivity index (χ1v) is 9.01. The van der Waals surface area contributed by atoms with Gasteiger partial charge in [-0.3, -0.25) is 9.59 Å². The Morgan fingerprint density at radius 1 is 1.11 bits per heavy atom. The summed E-state index contributed by atoms with van der Waals surface area (Å²) in [5.74, 6) is -0.447. The fourth-order valence-corrected chi connectivity index (χ4v) is 2.78. The molecule has 0 fully saturated rings. The molecule has 146 valence electrons. The summed E-state index contributed by atoms with van der Waals surface area (Å²) < 4.78 is 0. The lowest BCUT2D eigenvalue weighted by atomic mass is 10.1. The maximum absolute atomic E-state index is 12.6. The van der Waals surface area contributed by atoms with Crippen LogP contribution in [-0.2, 0) is 16.0 Å². The average molecular weight is 431 g/mol. The Labute approximate surface area is 175 Å². The molecular formula is C19H22Cl3N3O2. The van der Waals surface area contributed by atoms with Gasteiger partial charge in [0.25, 0.3) is 0 Å². The maximum atomic E-state index is 12.6. The van der Waals surface area contributed by atoms with Crippen molar-refractivity contribution in [2.24, 2.45) is 0 Å². The van der Waals surface area contributed by atoms with Crippen LogP contribution >= 0.6 is 35.6 Å². The monoisotopic (exact) mass is 429 g/mol. The number of anilines is 2. The van der Waals surface area contributed by atoms with E-state index < -0.39 is 0 Å². The molecule has 0 heterocycles. The van der Waals surface area contributed by atoms with Crippen LogP contribution in [0.15, 0.2) is 42.5 Å². The van der Waals surface area contributed by atoms with Gasteiger partial charge in [0.2, 0.25) is 11.8 Å². The van der Waals surface area contributed by atoms with Gasteiger partial charge in [0.1, 0.15) is 0 Å². The lowest BCUT2D eigenvalue weighted by molar-refractivity contribution is -0.134. The highest BCUT2D eigenvalue weighted by Crippen LogP contribution is 2.25. The van der Waals surface area contributed by atoms with Gasteiger partial charge in [-0.25, -0.2) is 0 Å². The topological polar surface area (TPSA) is 75.4 Å². The van der Waals surface area contributed by atoms with Crippen molar-refractivity contribution in [2.75, 3.05) is 24.1 Å². The number of nitrogen functional groups attached to an aromatic ring is 1. The van der Waals surface area contributed by atoms with E-state index in [1.807, 2.05) is 19.1 Å². The number of hydrogen-bond acceptors (Lipinski definition) is 3. The predicted molar refractivity (Wildman–Crippen MR) is 114 cm³/mol. The quantitative estimate of drug-likeness (QED) is 0.639. The van der Waals surface area contributed by atoms with Crippen LogP contribution in [0.25, 0.3) is 0 Å². The van der Waals surface area contributed by atoms with Crippen LogP contribution < -0.4 is 11.1 Å². The van der Waals surface area contributed by atoms with E-state index in [0.29, 0.717) is 28.0 Å². The Bertz CT molecular complexity index is 782. The highest BCUT2D eigenvalue weighted by atomic mass is 35.5. The Hall–Kier alpha value is -1.95. The van der Waals surface area contributed by atoms with Crippen molar-refractivity contribution >= 4 is 58.8 Å². The summed E-state index contributed by atoms with van der Waals surface area (Å²) >= 11 is 12.0. The third-order valence-electron chi connectivity index (χ3n) is 3.72. The minimum Gasteiger partial charge on any atom is -0.399 e. The summed E-state index contributed by atoms with van der Waals surface area (Å²) in [4.78, 5) is 26.4. The van der Waals surface area contributed by atoms with Gasteiger partial charge in [-0.15, -0.1) is 12.4 Å². The molecule has 3 N–H and O–H groups in total. The number of hydrogen-bond donors (Lipinski definition) is 2. The number of nitrogens with zero attached hydrogens (tertiary/aromatic N) is 1. The van der Waals surface area contributed by atoms with E-state index in [9.17, 15) is 9.59 Å². The number of rotatable bonds is 7. The molecule has 0 atom stereocenters. The van der Waals surface area contributed by atoms with Crippen LogP contribution in [0.4, 0.5) is 11.4 Å². The lowest BCUT2D eigenvalue weighted by Gasteiger charge is -2.22. The molecule has 27 heavy (non-hydrogen) atoms. The van der Waals surface area contributed by atoms with Crippen molar-refractivity contribution in [3.05, 3.63) is 58.1 Å². The zero-order valence-corrected chi connectivity index (χ0v) is 17.2. The summed E-state index contributed by atoms with van der Waals surface area (Å²) in [6.45, 7) is 2.39. The molecule has 2 aromatic carbocycles. The predicted octanol–water partition coefficient (Wildman–Crippen LogP) is 4.42. The standard InChI is InChI=1S/C19H21Cl2N3O2.ClH/c1-2-9-24(19(26)10-13-3-6-15(22)7-4-13)12-18(25)23-17-11-14(20)5-8-16(17)21;/h3-8,11H,2,9-10,12,22H2,1H3,(H,23,25);1H. The van der Waals surface area contributed by atoms with Crippen molar-refractivity contribution in [1.29, 1.82) is 0 Å². The van der Waals surface area contributed by atoms with Crippen molar-refractivity contribution in [1.82, 2.24) is 4.90 Å². The van der Waals surface area contributed by atoms with Crippen LogP contribution in [0, 0.1) is 0 Å². The molecule has 0 spiro atoms. The van der Waals surface area contributed by atoms with E-state index in [-0.39, 0.29) is 37.2 Å². The number of nitrogens with one attached hydrogen (secondary N) is 1. The van der Waals surface area contributed by atoms with Gasteiger partial charge in [0.05, 0.1) is 23.7 Å². The SMILES string of the molecule is CCCN(CC(=O)Nc1cc(Cl)ccc1Cl)C(=O)Cc1ccc(N)cc1.Cl. The highest BCUT2D eigenvalue weighted by Gasteiger charge is 2.17. The molecule has 2 amide bonds. The third kappa shape index (κ3) is 7.29. The molecule has 8 heteroatoms. The summed E-state index contributed by atoms with van der Waals surface area (Å²) in [7, 11) is 0. The molecule has 5 nitrogen and oxygen atoms in total. The summed E-state index contributed by atoms with van der Waals surface area (Å²) in [5.41, 5.74) is 7.57. The molecule has 0 aromatic heterocycles. The molecular weight excluding hydrogens is 409 g/mol. The first kappa shape index (κ1) is 23.1. The van der Waals surface area contributed by atoms with Crippen LogP contribution in [0.1, 0.15) is 18.9 Å². The van der Waals surface area contributed by atoms with E-state index in [1.165, 1.54) is 4.90 Å². The first-order valence-electron chi connectivity index (χ1n) is 8.26. The minimum absolute atomic E-state index is 0. The second-order valence-corrected chi connectivity index (χ2v) is 6.75. The molecule has 0 bridgehead atoms. The van der Waals surface area contributed by atoms with E-state index in [4.69, 9.17) is 28.9 Å². The highest BCUT2D eigenvalue weighted by molar-refractivity contribution is 6.35. The first-order chi connectivity index (χ1) is 12.4. The Morgan fingerprint density at radius 3 is 2.41 bits per heavy atom. The number of benzene rings is 2. The molecule has 2 rings (SSSR count). The average Bonchev–Trinajstić information content (AvgIpc) is 2.59. The molecule has 0 saturated heterocycles. The van der Waals surface area contributed by atoms with Gasteiger partial charge in [-0.05, 0) is 42.3 Å². The molecule has 0 radical (unpaired) electrons. The zero-order valence-electron chi connectivity index (χ0n) is 14.9. The summed E-state index contributed by atoms with van der Waals surface area (Å²) in [5, 5.41) is 3.55. The fourth-order valence-electron chi connectivity index (χ4n) is 2.44. The molecule has 2 aromatic rings. The van der Waals surface area contributed by atoms with E-state index in [1.54, 1.807) is 30.3 Å². The lowest BCUT2D eigenvalue weighted by Crippen LogP contribution is -2.39. The largest absolute Gasteiger partial charge is 0.399 e. The number of nitrogens with two attached hydrogens (primary N) is 1. The summed E-state index contributed by atoms with van der Waals surface area (Å²) in [6.07, 6.45) is 0.962. The second kappa shape index (κ2) is 11.0. The number of carbonyl (C=O) groups excluding carboxylic acids is 2. The Morgan fingerprint density at radius 2 is 1.78 bits per heavy atom. The van der Waals surface area contributed by atoms with Gasteiger partial charge < -0.3 is 16.0 Å². The molecule has 0 aliphatic heterocycles. The van der Waals surface area contributed by atoms with Crippen molar-refractivity contribution < 1.29 is 9.59 Å². The van der Waals surface area contributed by atoms with Crippen molar-refractivity contribution in [2.45, 2.75) is 19.8 Å². The van der Waals surface area contributed by atoms with Crippen LogP contribution in [0.2, 0.25) is 10.0 Å². The van der Waals surface area contributed by atoms with Gasteiger partial charge in [-0.2, -0.15) is 0 Å². The van der Waals surface area contributed by atoms with E-state index in [0.717, 1.165) is 12.0 Å². The van der Waals surface area contributed by atoms with Gasteiger partial charge in [0.15, 0.2) is 0 Å². The smallest absolute Gasteiger partial charge is 0.244 e. The molecule has 0 saturated carbocycles. The van der Waals surface area contributed by atoms with Crippen LogP contribution in [0.3, 0.4) is 0 Å². The summed E-state index contributed by atoms with van der Waals surface area (Å²) in [6, 6.07) is 11.9. The van der Waals surface area contributed by atoms with Gasteiger partial charge >= 0.3 is 0 Å². The third-order valence-corrected chi connectivity index (χ3v) is 4.28. The number of amides is 2. The number of carbonyl (C=O) groups is 2. The van der Waals surface area contributed by atoms with E-state index in [2.05, 4.69) is 5.32 Å². The normalized spacial score (nSPS) is 10.0. The Kier molecular flexibility index (Phi) is 9.43. The fraction of sp³-hybridized carbons (Fsp3) is 0.263. The van der Waals surface area contributed by atoms with Crippen LogP contribution in [0.5, 0.6) is 0 Å². The molecule has 0 unspecified atom stereocenters. The zero-order chi connectivity index (χ0) is 19.1.